The number of rotatable bonds is 6. The third-order valence-electron chi connectivity index (χ3n) is 4.49. The first-order valence-electron chi connectivity index (χ1n) is 8.56. The lowest BCUT2D eigenvalue weighted by atomic mass is 9.99. The molecular formula is C18H31IN4O2. The van der Waals surface area contributed by atoms with Crippen molar-refractivity contribution in [1.82, 2.24) is 4.90 Å². The summed E-state index contributed by atoms with van der Waals surface area (Å²) in [5.41, 5.74) is 6.85. The van der Waals surface area contributed by atoms with E-state index in [1.54, 1.807) is 14.2 Å². The van der Waals surface area contributed by atoms with Gasteiger partial charge in [0.05, 0.1) is 20.8 Å². The average Bonchev–Trinajstić information content (AvgIpc) is 2.59. The van der Waals surface area contributed by atoms with Crippen LogP contribution in [0.3, 0.4) is 0 Å². The summed E-state index contributed by atoms with van der Waals surface area (Å²) in [6.07, 6.45) is 2.60. The van der Waals surface area contributed by atoms with E-state index in [1.165, 1.54) is 12.8 Å². The number of halogens is 1. The van der Waals surface area contributed by atoms with Gasteiger partial charge in [0.15, 0.2) is 17.5 Å². The van der Waals surface area contributed by atoms with E-state index in [0.29, 0.717) is 30.0 Å². The highest BCUT2D eigenvalue weighted by molar-refractivity contribution is 14.0. The molecule has 0 bridgehead atoms. The Bertz CT molecular complexity index is 568. The van der Waals surface area contributed by atoms with Crippen molar-refractivity contribution in [2.75, 3.05) is 39.2 Å². The highest BCUT2D eigenvalue weighted by atomic mass is 127. The van der Waals surface area contributed by atoms with Crippen LogP contribution in [0.5, 0.6) is 11.5 Å². The zero-order valence-corrected chi connectivity index (χ0v) is 17.9. The Balaban J connectivity index is 0.00000312. The minimum absolute atomic E-state index is 0. The summed E-state index contributed by atoms with van der Waals surface area (Å²) in [6, 6.07) is 5.97. The number of aliphatic imine (C=N–C) groups is 1. The van der Waals surface area contributed by atoms with Crippen molar-refractivity contribution in [2.24, 2.45) is 16.6 Å². The van der Waals surface area contributed by atoms with Crippen molar-refractivity contribution in [3.8, 4) is 11.5 Å². The Hall–Kier alpha value is -1.22. The summed E-state index contributed by atoms with van der Waals surface area (Å²) in [7, 11) is 3.23. The molecule has 1 saturated heterocycles. The fraction of sp³-hybridized carbons (Fsp3) is 0.611. The first kappa shape index (κ1) is 21.8. The molecule has 0 amide bonds. The van der Waals surface area contributed by atoms with E-state index in [9.17, 15) is 0 Å². The average molecular weight is 462 g/mol. The molecule has 0 spiro atoms. The van der Waals surface area contributed by atoms with Crippen molar-refractivity contribution in [3.05, 3.63) is 18.2 Å². The number of benzene rings is 1. The Morgan fingerprint density at radius 2 is 2.08 bits per heavy atom. The number of nitrogens with two attached hydrogens (primary N) is 1. The van der Waals surface area contributed by atoms with Crippen molar-refractivity contribution >= 4 is 35.6 Å². The molecule has 25 heavy (non-hydrogen) atoms. The first-order chi connectivity index (χ1) is 11.5. The van der Waals surface area contributed by atoms with Crippen molar-refractivity contribution in [1.29, 1.82) is 0 Å². The summed E-state index contributed by atoms with van der Waals surface area (Å²) < 4.78 is 10.5. The lowest BCUT2D eigenvalue weighted by Gasteiger charge is -2.34. The third kappa shape index (κ3) is 6.54. The number of hydrogen-bond donors (Lipinski definition) is 2. The first-order valence-corrected chi connectivity index (χ1v) is 8.56. The molecule has 0 saturated carbocycles. The molecular weight excluding hydrogens is 431 g/mol. The molecule has 7 heteroatoms. The molecule has 3 N–H and O–H groups in total. The Morgan fingerprint density at radius 3 is 2.72 bits per heavy atom. The smallest absolute Gasteiger partial charge is 0.193 e. The zero-order chi connectivity index (χ0) is 17.5. The Labute approximate surface area is 168 Å². The molecule has 2 atom stereocenters. The number of guanidine groups is 1. The summed E-state index contributed by atoms with van der Waals surface area (Å²) in [5.74, 6) is 2.53. The van der Waals surface area contributed by atoms with Gasteiger partial charge in [-0.05, 0) is 44.4 Å². The number of nitrogens with zero attached hydrogens (tertiary/aromatic N) is 2. The van der Waals surface area contributed by atoms with Crippen molar-refractivity contribution < 1.29 is 9.47 Å². The highest BCUT2D eigenvalue weighted by Crippen LogP contribution is 2.29. The normalized spacial score (nSPS) is 19.7. The number of nitrogens with one attached hydrogen (secondary N) is 1. The van der Waals surface area contributed by atoms with Gasteiger partial charge in [0, 0.05) is 24.3 Å². The largest absolute Gasteiger partial charge is 0.493 e. The number of piperidine rings is 1. The molecule has 6 nitrogen and oxygen atoms in total. The molecule has 1 aromatic rings. The Morgan fingerprint density at radius 1 is 1.36 bits per heavy atom. The van der Waals surface area contributed by atoms with Crippen molar-refractivity contribution in [2.45, 2.75) is 32.7 Å². The van der Waals surface area contributed by atoms with Crippen LogP contribution in [0.25, 0.3) is 0 Å². The maximum atomic E-state index is 6.02. The zero-order valence-electron chi connectivity index (χ0n) is 15.6. The predicted octanol–water partition coefficient (Wildman–Crippen LogP) is 3.17. The molecule has 1 aliphatic rings. The number of hydrogen-bond acceptors (Lipinski definition) is 4. The van der Waals surface area contributed by atoms with Gasteiger partial charge < -0.3 is 20.5 Å². The van der Waals surface area contributed by atoms with E-state index in [-0.39, 0.29) is 24.0 Å². The van der Waals surface area contributed by atoms with Gasteiger partial charge in [0.2, 0.25) is 0 Å². The fourth-order valence-corrected chi connectivity index (χ4v) is 3.07. The molecule has 1 aromatic carbocycles. The lowest BCUT2D eigenvalue weighted by Crippen LogP contribution is -2.42. The maximum Gasteiger partial charge on any atom is 0.193 e. The second-order valence-corrected chi connectivity index (χ2v) is 6.51. The van der Waals surface area contributed by atoms with E-state index < -0.39 is 0 Å². The molecule has 1 fully saturated rings. The van der Waals surface area contributed by atoms with Crippen LogP contribution in [0.4, 0.5) is 5.69 Å². The number of likely N-dealkylation sites (tertiary alicyclic amines) is 1. The molecule has 2 unspecified atom stereocenters. The monoisotopic (exact) mass is 462 g/mol. The standard InChI is InChI=1S/C18H30N4O2.HI/c1-13-6-5-9-22(12-13)14(2)11-20-18(19)21-15-7-8-16(23-3)17(10-15)24-4;/h7-8,10,13-14H,5-6,9,11-12H2,1-4H3,(H3,19,20,21);1H. The minimum atomic E-state index is 0. The third-order valence-corrected chi connectivity index (χ3v) is 4.49. The second-order valence-electron chi connectivity index (χ2n) is 6.51. The van der Waals surface area contributed by atoms with Crippen LogP contribution in [-0.2, 0) is 0 Å². The highest BCUT2D eigenvalue weighted by Gasteiger charge is 2.20. The van der Waals surface area contributed by atoms with Gasteiger partial charge in [0.1, 0.15) is 0 Å². The van der Waals surface area contributed by atoms with Gasteiger partial charge in [-0.15, -0.1) is 24.0 Å². The molecule has 142 valence electrons. The maximum absolute atomic E-state index is 6.02. The predicted molar refractivity (Wildman–Crippen MR) is 115 cm³/mol. The van der Waals surface area contributed by atoms with Gasteiger partial charge in [-0.1, -0.05) is 6.92 Å². The van der Waals surface area contributed by atoms with Gasteiger partial charge in [-0.3, -0.25) is 9.89 Å². The van der Waals surface area contributed by atoms with Gasteiger partial charge in [-0.25, -0.2) is 0 Å². The van der Waals surface area contributed by atoms with Gasteiger partial charge in [0.25, 0.3) is 0 Å². The lowest BCUT2D eigenvalue weighted by molar-refractivity contribution is 0.142. The molecule has 1 aliphatic heterocycles. The van der Waals surface area contributed by atoms with E-state index in [2.05, 4.69) is 29.1 Å². The Kier molecular flexibility index (Phi) is 9.34. The van der Waals surface area contributed by atoms with Crippen LogP contribution in [0, 0.1) is 5.92 Å². The summed E-state index contributed by atoms with van der Waals surface area (Å²) in [4.78, 5) is 6.99. The molecule has 2 rings (SSSR count). The SMILES string of the molecule is COc1ccc(NC(N)=NCC(C)N2CCCC(C)C2)cc1OC.I. The van der Waals surface area contributed by atoms with Crippen LogP contribution < -0.4 is 20.5 Å². The van der Waals surface area contributed by atoms with Gasteiger partial charge >= 0.3 is 0 Å². The van der Waals surface area contributed by atoms with Gasteiger partial charge in [-0.2, -0.15) is 0 Å². The molecule has 1 heterocycles. The van der Waals surface area contributed by atoms with E-state index in [1.807, 2.05) is 18.2 Å². The van der Waals surface area contributed by atoms with E-state index in [0.717, 1.165) is 24.7 Å². The quantitative estimate of drug-likeness (QED) is 0.386. The number of methoxy groups -OCH3 is 2. The minimum Gasteiger partial charge on any atom is -0.493 e. The van der Waals surface area contributed by atoms with Crippen molar-refractivity contribution in [3.63, 3.8) is 0 Å². The van der Waals surface area contributed by atoms with Crippen LogP contribution in [-0.4, -0.2) is 50.8 Å². The van der Waals surface area contributed by atoms with E-state index >= 15 is 0 Å². The van der Waals surface area contributed by atoms with Crippen LogP contribution in [0.15, 0.2) is 23.2 Å². The van der Waals surface area contributed by atoms with Crippen LogP contribution in [0.2, 0.25) is 0 Å². The van der Waals surface area contributed by atoms with Crippen LogP contribution in [0.1, 0.15) is 26.7 Å². The fourth-order valence-electron chi connectivity index (χ4n) is 3.07. The number of anilines is 1. The number of ether oxygens (including phenoxy) is 2. The topological polar surface area (TPSA) is 72.1 Å². The summed E-state index contributed by atoms with van der Waals surface area (Å²) >= 11 is 0. The second kappa shape index (κ2) is 10.7. The molecule has 0 aliphatic carbocycles. The summed E-state index contributed by atoms with van der Waals surface area (Å²) in [5, 5.41) is 3.11. The molecule has 0 aromatic heterocycles. The summed E-state index contributed by atoms with van der Waals surface area (Å²) in [6.45, 7) is 7.53. The molecule has 0 radical (unpaired) electrons. The van der Waals surface area contributed by atoms with Crippen LogP contribution >= 0.6 is 24.0 Å². The van der Waals surface area contributed by atoms with E-state index in [4.69, 9.17) is 15.2 Å².